The number of hydrogen-bond acceptors (Lipinski definition) is 5. The van der Waals surface area contributed by atoms with Gasteiger partial charge in [-0.1, -0.05) is 27.7 Å². The van der Waals surface area contributed by atoms with Crippen molar-refractivity contribution in [1.82, 2.24) is 9.97 Å². The molecule has 1 saturated heterocycles. The fourth-order valence-electron chi connectivity index (χ4n) is 1.40. The Morgan fingerprint density at radius 1 is 1.40 bits per heavy atom. The van der Waals surface area contributed by atoms with E-state index in [1.165, 1.54) is 6.92 Å². The third kappa shape index (κ3) is 7.04. The molecule has 0 aromatic carbocycles. The van der Waals surface area contributed by atoms with E-state index in [2.05, 4.69) is 15.3 Å². The molecule has 0 aliphatic carbocycles. The predicted molar refractivity (Wildman–Crippen MR) is 78.9 cm³/mol. The maximum absolute atomic E-state index is 10.8. The van der Waals surface area contributed by atoms with E-state index in [1.807, 2.05) is 27.7 Å². The molecule has 1 aliphatic rings. The van der Waals surface area contributed by atoms with Gasteiger partial charge >= 0.3 is 6.01 Å². The summed E-state index contributed by atoms with van der Waals surface area (Å²) in [5.74, 6) is 0.269. The molecule has 2 heterocycles. The van der Waals surface area contributed by atoms with Crippen LogP contribution in [0.1, 0.15) is 41.0 Å². The SMILES string of the molecule is CC.CC.CC(=O)Nc1ccnc(OC2CCOC2)n1. The molecule has 6 nitrogen and oxygen atoms in total. The molecule has 1 N–H and O–H groups in total. The molecule has 1 aliphatic heterocycles. The van der Waals surface area contributed by atoms with Crippen molar-refractivity contribution in [2.75, 3.05) is 18.5 Å². The van der Waals surface area contributed by atoms with Gasteiger partial charge in [-0.2, -0.15) is 4.98 Å². The van der Waals surface area contributed by atoms with Gasteiger partial charge in [0.25, 0.3) is 0 Å². The Labute approximate surface area is 120 Å². The predicted octanol–water partition coefficient (Wildman–Crippen LogP) is 2.66. The van der Waals surface area contributed by atoms with E-state index in [9.17, 15) is 4.79 Å². The number of carbonyl (C=O) groups is 1. The van der Waals surface area contributed by atoms with Gasteiger partial charge in [-0.3, -0.25) is 4.79 Å². The molecule has 1 aromatic heterocycles. The topological polar surface area (TPSA) is 73.3 Å². The highest BCUT2D eigenvalue weighted by atomic mass is 16.6. The Morgan fingerprint density at radius 3 is 2.65 bits per heavy atom. The zero-order valence-corrected chi connectivity index (χ0v) is 13.0. The highest BCUT2D eigenvalue weighted by Gasteiger charge is 2.18. The van der Waals surface area contributed by atoms with Crippen LogP contribution in [0, 0.1) is 0 Å². The second-order valence-electron chi connectivity index (χ2n) is 3.51. The Hall–Kier alpha value is -1.69. The van der Waals surface area contributed by atoms with Gasteiger partial charge in [0.05, 0.1) is 13.2 Å². The maximum Gasteiger partial charge on any atom is 0.318 e. The minimum absolute atomic E-state index is 0.00702. The molecule has 0 spiro atoms. The third-order valence-electron chi connectivity index (χ3n) is 2.10. The number of aromatic nitrogens is 2. The van der Waals surface area contributed by atoms with Crippen molar-refractivity contribution in [2.24, 2.45) is 0 Å². The number of amides is 1. The summed E-state index contributed by atoms with van der Waals surface area (Å²) in [5.41, 5.74) is 0. The molecular formula is C14H25N3O3. The molecule has 1 aromatic rings. The van der Waals surface area contributed by atoms with Crippen LogP contribution in [0.15, 0.2) is 12.3 Å². The van der Waals surface area contributed by atoms with E-state index in [0.29, 0.717) is 19.0 Å². The van der Waals surface area contributed by atoms with Crippen molar-refractivity contribution in [1.29, 1.82) is 0 Å². The van der Waals surface area contributed by atoms with Crippen LogP contribution < -0.4 is 10.1 Å². The van der Waals surface area contributed by atoms with E-state index >= 15 is 0 Å². The van der Waals surface area contributed by atoms with Crippen molar-refractivity contribution in [3.05, 3.63) is 12.3 Å². The van der Waals surface area contributed by atoms with Gasteiger partial charge in [0.15, 0.2) is 0 Å². The summed E-state index contributed by atoms with van der Waals surface area (Å²) < 4.78 is 10.7. The molecule has 2 rings (SSSR count). The number of anilines is 1. The molecule has 0 bridgehead atoms. The molecule has 1 amide bonds. The van der Waals surface area contributed by atoms with Crippen LogP contribution >= 0.6 is 0 Å². The molecular weight excluding hydrogens is 258 g/mol. The van der Waals surface area contributed by atoms with Crippen molar-refractivity contribution in [3.8, 4) is 6.01 Å². The zero-order valence-electron chi connectivity index (χ0n) is 13.0. The molecule has 114 valence electrons. The summed E-state index contributed by atoms with van der Waals surface area (Å²) in [6, 6.07) is 1.88. The summed E-state index contributed by atoms with van der Waals surface area (Å²) in [5, 5.41) is 2.57. The van der Waals surface area contributed by atoms with E-state index in [4.69, 9.17) is 9.47 Å². The van der Waals surface area contributed by atoms with Crippen LogP contribution in [0.4, 0.5) is 5.82 Å². The Balaban J connectivity index is 0.000000829. The average molecular weight is 283 g/mol. The van der Waals surface area contributed by atoms with Crippen LogP contribution in [0.25, 0.3) is 0 Å². The maximum atomic E-state index is 10.8. The van der Waals surface area contributed by atoms with Gasteiger partial charge in [-0.25, -0.2) is 4.98 Å². The summed E-state index contributed by atoms with van der Waals surface area (Å²) in [6.07, 6.45) is 2.39. The lowest BCUT2D eigenvalue weighted by molar-refractivity contribution is -0.114. The van der Waals surface area contributed by atoms with Gasteiger partial charge in [-0.05, 0) is 6.07 Å². The first kappa shape index (κ1) is 18.3. The first-order valence-electron chi connectivity index (χ1n) is 7.09. The number of nitrogens with zero attached hydrogens (tertiary/aromatic N) is 2. The van der Waals surface area contributed by atoms with Crippen LogP contribution in [0.2, 0.25) is 0 Å². The summed E-state index contributed by atoms with van der Waals surface area (Å²) >= 11 is 0. The third-order valence-corrected chi connectivity index (χ3v) is 2.10. The highest BCUT2D eigenvalue weighted by molar-refractivity contribution is 5.87. The lowest BCUT2D eigenvalue weighted by Gasteiger charge is -2.10. The van der Waals surface area contributed by atoms with Crippen LogP contribution in [0.3, 0.4) is 0 Å². The first-order chi connectivity index (χ1) is 9.74. The lowest BCUT2D eigenvalue weighted by atomic mass is 10.3. The minimum Gasteiger partial charge on any atom is -0.458 e. The van der Waals surface area contributed by atoms with Gasteiger partial charge in [-0.15, -0.1) is 0 Å². The second-order valence-corrected chi connectivity index (χ2v) is 3.51. The van der Waals surface area contributed by atoms with E-state index in [-0.39, 0.29) is 18.0 Å². The normalized spacial score (nSPS) is 16.1. The minimum atomic E-state index is -0.172. The number of nitrogens with one attached hydrogen (secondary N) is 1. The van der Waals surface area contributed by atoms with Crippen molar-refractivity contribution in [2.45, 2.75) is 47.1 Å². The monoisotopic (exact) mass is 283 g/mol. The largest absolute Gasteiger partial charge is 0.458 e. The molecule has 0 radical (unpaired) electrons. The number of ether oxygens (including phenoxy) is 2. The smallest absolute Gasteiger partial charge is 0.318 e. The van der Waals surface area contributed by atoms with E-state index in [0.717, 1.165) is 6.42 Å². The summed E-state index contributed by atoms with van der Waals surface area (Å²) in [4.78, 5) is 18.9. The van der Waals surface area contributed by atoms with Gasteiger partial charge in [0.2, 0.25) is 5.91 Å². The molecule has 1 fully saturated rings. The van der Waals surface area contributed by atoms with Crippen LogP contribution in [-0.4, -0.2) is 35.2 Å². The Bertz CT molecular complexity index is 380. The first-order valence-corrected chi connectivity index (χ1v) is 7.09. The number of carbonyl (C=O) groups excluding carboxylic acids is 1. The van der Waals surface area contributed by atoms with E-state index in [1.54, 1.807) is 12.3 Å². The van der Waals surface area contributed by atoms with Crippen LogP contribution in [0.5, 0.6) is 6.01 Å². The quantitative estimate of drug-likeness (QED) is 0.923. The fraction of sp³-hybridized carbons (Fsp3) is 0.643. The summed E-state index contributed by atoms with van der Waals surface area (Å²) in [6.45, 7) is 10.7. The second kappa shape index (κ2) is 11.2. The van der Waals surface area contributed by atoms with Crippen molar-refractivity contribution in [3.63, 3.8) is 0 Å². The number of rotatable bonds is 3. The summed E-state index contributed by atoms with van der Waals surface area (Å²) in [7, 11) is 0. The standard InChI is InChI=1S/C10H13N3O3.2C2H6/c1-7(14)12-9-2-4-11-10(13-9)16-8-3-5-15-6-8;2*1-2/h2,4,8H,3,5-6H2,1H3,(H,11,12,13,14);2*1-2H3. The Kier molecular flexibility index (Phi) is 10.2. The van der Waals surface area contributed by atoms with Crippen LogP contribution in [-0.2, 0) is 9.53 Å². The lowest BCUT2D eigenvalue weighted by Crippen LogP contribution is -2.18. The molecule has 0 saturated carbocycles. The fourth-order valence-corrected chi connectivity index (χ4v) is 1.40. The average Bonchev–Trinajstić information content (AvgIpc) is 2.96. The molecule has 6 heteroatoms. The van der Waals surface area contributed by atoms with Crippen molar-refractivity contribution >= 4 is 11.7 Å². The zero-order chi connectivity index (χ0) is 15.4. The molecule has 1 atom stereocenters. The molecule has 20 heavy (non-hydrogen) atoms. The van der Waals surface area contributed by atoms with Gasteiger partial charge < -0.3 is 14.8 Å². The van der Waals surface area contributed by atoms with Gasteiger partial charge in [0.1, 0.15) is 11.9 Å². The molecule has 1 unspecified atom stereocenters. The number of hydrogen-bond donors (Lipinski definition) is 1. The Morgan fingerprint density at radius 2 is 2.10 bits per heavy atom. The van der Waals surface area contributed by atoms with E-state index < -0.39 is 0 Å². The van der Waals surface area contributed by atoms with Crippen molar-refractivity contribution < 1.29 is 14.3 Å². The highest BCUT2D eigenvalue weighted by Crippen LogP contribution is 2.13. The van der Waals surface area contributed by atoms with Gasteiger partial charge in [0, 0.05) is 19.5 Å².